The normalized spacial score (nSPS) is 14.5. The van der Waals surface area contributed by atoms with Gasteiger partial charge in [0.15, 0.2) is 11.6 Å². The Morgan fingerprint density at radius 1 is 1.04 bits per heavy atom. The van der Waals surface area contributed by atoms with Crippen LogP contribution in [0.25, 0.3) is 11.4 Å². The van der Waals surface area contributed by atoms with Crippen molar-refractivity contribution in [3.05, 3.63) is 60.2 Å². The van der Waals surface area contributed by atoms with E-state index in [4.69, 9.17) is 9.72 Å². The minimum Gasteiger partial charge on any atom is -0.377 e. The zero-order chi connectivity index (χ0) is 18.5. The molecule has 0 saturated carbocycles. The summed E-state index contributed by atoms with van der Waals surface area (Å²) in [5, 5.41) is 4.63. The van der Waals surface area contributed by atoms with Crippen LogP contribution in [0.15, 0.2) is 48.8 Å². The highest BCUT2D eigenvalue weighted by Crippen LogP contribution is 2.25. The molecule has 1 aliphatic rings. The minimum absolute atomic E-state index is 0.402. The zero-order valence-electron chi connectivity index (χ0n) is 15.7. The van der Waals surface area contributed by atoms with Gasteiger partial charge in [0.25, 0.3) is 0 Å². The van der Waals surface area contributed by atoms with Crippen LogP contribution in [0.5, 0.6) is 0 Å². The van der Waals surface area contributed by atoms with Crippen molar-refractivity contribution in [2.45, 2.75) is 32.4 Å². The molecule has 27 heavy (non-hydrogen) atoms. The van der Waals surface area contributed by atoms with Gasteiger partial charge in [0, 0.05) is 43.8 Å². The van der Waals surface area contributed by atoms with Gasteiger partial charge < -0.3 is 9.64 Å². The van der Waals surface area contributed by atoms with E-state index in [2.05, 4.69) is 39.2 Å². The van der Waals surface area contributed by atoms with Crippen molar-refractivity contribution in [2.24, 2.45) is 0 Å². The molecule has 6 nitrogen and oxygen atoms in total. The lowest BCUT2D eigenvalue weighted by Gasteiger charge is -2.28. The number of rotatable bonds is 6. The van der Waals surface area contributed by atoms with E-state index in [1.165, 1.54) is 24.9 Å². The molecular formula is C21H25N5O. The zero-order valence-corrected chi connectivity index (χ0v) is 15.7. The Bertz CT molecular complexity index is 854. The first-order valence-electron chi connectivity index (χ1n) is 9.50. The van der Waals surface area contributed by atoms with Crippen LogP contribution < -0.4 is 4.90 Å². The second kappa shape index (κ2) is 8.31. The number of benzene rings is 1. The molecular weight excluding hydrogens is 338 g/mol. The van der Waals surface area contributed by atoms with Gasteiger partial charge in [-0.2, -0.15) is 5.10 Å². The number of hydrogen-bond acceptors (Lipinski definition) is 5. The molecule has 1 aromatic carbocycles. The predicted octanol–water partition coefficient (Wildman–Crippen LogP) is 3.53. The molecule has 0 spiro atoms. The number of pyridine rings is 1. The average molecular weight is 363 g/mol. The molecule has 3 aromatic rings. The Kier molecular flexibility index (Phi) is 5.44. The third-order valence-corrected chi connectivity index (χ3v) is 4.89. The van der Waals surface area contributed by atoms with Crippen LogP contribution in [0.3, 0.4) is 0 Å². The molecule has 0 aliphatic carbocycles. The quantitative estimate of drug-likeness (QED) is 0.671. The van der Waals surface area contributed by atoms with Gasteiger partial charge in [0.2, 0.25) is 0 Å². The van der Waals surface area contributed by atoms with E-state index >= 15 is 0 Å². The van der Waals surface area contributed by atoms with Crippen molar-refractivity contribution >= 4 is 5.69 Å². The Morgan fingerprint density at radius 3 is 2.56 bits per heavy atom. The third-order valence-electron chi connectivity index (χ3n) is 4.89. The van der Waals surface area contributed by atoms with Gasteiger partial charge in [-0.25, -0.2) is 9.67 Å². The van der Waals surface area contributed by atoms with Gasteiger partial charge in [-0.3, -0.25) is 4.98 Å². The lowest BCUT2D eigenvalue weighted by atomic mass is 10.1. The van der Waals surface area contributed by atoms with Gasteiger partial charge >= 0.3 is 0 Å². The summed E-state index contributed by atoms with van der Waals surface area (Å²) in [4.78, 5) is 11.4. The highest BCUT2D eigenvalue weighted by Gasteiger charge is 2.15. The number of ether oxygens (including phenoxy) is 1. The summed E-state index contributed by atoms with van der Waals surface area (Å²) in [7, 11) is 1.66. The number of aromatic nitrogens is 4. The van der Waals surface area contributed by atoms with Crippen LogP contribution in [0, 0.1) is 0 Å². The molecule has 6 heteroatoms. The van der Waals surface area contributed by atoms with E-state index in [1.54, 1.807) is 13.3 Å². The molecule has 140 valence electrons. The van der Waals surface area contributed by atoms with E-state index in [-0.39, 0.29) is 0 Å². The highest BCUT2D eigenvalue weighted by molar-refractivity contribution is 5.61. The van der Waals surface area contributed by atoms with Crippen LogP contribution in [-0.2, 0) is 17.9 Å². The molecule has 1 fully saturated rings. The second-order valence-electron chi connectivity index (χ2n) is 6.90. The molecule has 0 atom stereocenters. The van der Waals surface area contributed by atoms with Crippen molar-refractivity contribution in [1.82, 2.24) is 19.7 Å². The van der Waals surface area contributed by atoms with Crippen molar-refractivity contribution in [3.63, 3.8) is 0 Å². The maximum Gasteiger partial charge on any atom is 0.176 e. The van der Waals surface area contributed by atoms with Crippen molar-refractivity contribution in [3.8, 4) is 11.4 Å². The molecule has 0 unspecified atom stereocenters. The van der Waals surface area contributed by atoms with Gasteiger partial charge in [-0.15, -0.1) is 0 Å². The fourth-order valence-corrected chi connectivity index (χ4v) is 3.54. The first kappa shape index (κ1) is 17.7. The Balaban J connectivity index is 1.61. The van der Waals surface area contributed by atoms with E-state index < -0.39 is 0 Å². The Labute approximate surface area is 159 Å². The fourth-order valence-electron chi connectivity index (χ4n) is 3.54. The Hall–Kier alpha value is -2.73. The summed E-state index contributed by atoms with van der Waals surface area (Å²) in [5.74, 6) is 1.55. The van der Waals surface area contributed by atoms with Gasteiger partial charge in [-0.1, -0.05) is 6.07 Å². The minimum atomic E-state index is 0.402. The first-order valence-corrected chi connectivity index (χ1v) is 9.50. The standard InChI is InChI=1S/C21H25N5O/c1-27-16-20-23-21(26(24-20)15-17-6-5-11-22-14-17)18-7-9-19(10-8-18)25-12-3-2-4-13-25/h5-11,14H,2-4,12-13,15-16H2,1H3. The monoisotopic (exact) mass is 363 g/mol. The topological polar surface area (TPSA) is 56.1 Å². The van der Waals surface area contributed by atoms with Gasteiger partial charge in [-0.05, 0) is 55.2 Å². The van der Waals surface area contributed by atoms with Crippen LogP contribution in [0.4, 0.5) is 5.69 Å². The number of piperidine rings is 1. The molecule has 0 N–H and O–H groups in total. The van der Waals surface area contributed by atoms with Crippen LogP contribution in [0.2, 0.25) is 0 Å². The van der Waals surface area contributed by atoms with Crippen LogP contribution >= 0.6 is 0 Å². The summed E-state index contributed by atoms with van der Waals surface area (Å²) < 4.78 is 7.16. The van der Waals surface area contributed by atoms with Crippen LogP contribution in [-0.4, -0.2) is 39.9 Å². The van der Waals surface area contributed by atoms with Crippen LogP contribution in [0.1, 0.15) is 30.7 Å². The molecule has 3 heterocycles. The lowest BCUT2D eigenvalue weighted by molar-refractivity contribution is 0.177. The van der Waals surface area contributed by atoms with Crippen molar-refractivity contribution in [1.29, 1.82) is 0 Å². The van der Waals surface area contributed by atoms with E-state index in [0.29, 0.717) is 19.0 Å². The Morgan fingerprint density at radius 2 is 1.85 bits per heavy atom. The highest BCUT2D eigenvalue weighted by atomic mass is 16.5. The van der Waals surface area contributed by atoms with E-state index in [1.807, 2.05) is 23.0 Å². The first-order chi connectivity index (χ1) is 13.3. The SMILES string of the molecule is COCc1nc(-c2ccc(N3CCCCC3)cc2)n(Cc2cccnc2)n1. The summed E-state index contributed by atoms with van der Waals surface area (Å²) in [6.07, 6.45) is 7.54. The maximum atomic E-state index is 5.22. The lowest BCUT2D eigenvalue weighted by Crippen LogP contribution is -2.29. The molecule has 1 saturated heterocycles. The van der Waals surface area contributed by atoms with Gasteiger partial charge in [0.1, 0.15) is 6.61 Å². The molecule has 4 rings (SSSR count). The summed E-state index contributed by atoms with van der Waals surface area (Å²) in [6, 6.07) is 12.7. The molecule has 0 bridgehead atoms. The number of anilines is 1. The molecule has 0 amide bonds. The summed E-state index contributed by atoms with van der Waals surface area (Å²) >= 11 is 0. The fraction of sp³-hybridized carbons (Fsp3) is 0.381. The van der Waals surface area contributed by atoms with Crippen molar-refractivity contribution < 1.29 is 4.74 Å². The second-order valence-corrected chi connectivity index (χ2v) is 6.90. The molecule has 1 aliphatic heterocycles. The summed E-state index contributed by atoms with van der Waals surface area (Å²) in [5.41, 5.74) is 3.45. The largest absolute Gasteiger partial charge is 0.377 e. The third kappa shape index (κ3) is 4.17. The number of nitrogens with zero attached hydrogens (tertiary/aromatic N) is 5. The van der Waals surface area contributed by atoms with Gasteiger partial charge in [0.05, 0.1) is 6.54 Å². The smallest absolute Gasteiger partial charge is 0.176 e. The van der Waals surface area contributed by atoms with Crippen molar-refractivity contribution in [2.75, 3.05) is 25.1 Å². The molecule has 2 aromatic heterocycles. The summed E-state index contributed by atoms with van der Waals surface area (Å²) in [6.45, 7) is 3.33. The predicted molar refractivity (Wildman–Crippen MR) is 106 cm³/mol. The maximum absolute atomic E-state index is 5.22. The van der Waals surface area contributed by atoms with E-state index in [9.17, 15) is 0 Å². The number of methoxy groups -OCH3 is 1. The van der Waals surface area contributed by atoms with E-state index in [0.717, 1.165) is 30.0 Å². The number of hydrogen-bond donors (Lipinski definition) is 0. The average Bonchev–Trinajstić information content (AvgIpc) is 3.12. The molecule has 0 radical (unpaired) electrons.